The zero-order valence-electron chi connectivity index (χ0n) is 14.1. The number of hydrogen-bond donors (Lipinski definition) is 1. The number of nitrogens with one attached hydrogen (secondary N) is 1. The van der Waals surface area contributed by atoms with Crippen LogP contribution >= 0.6 is 0 Å². The van der Waals surface area contributed by atoms with Gasteiger partial charge in [0.25, 0.3) is 0 Å². The Kier molecular flexibility index (Phi) is 5.49. The normalized spacial score (nSPS) is 10.0. The van der Waals surface area contributed by atoms with Crippen LogP contribution in [-0.2, 0) is 4.79 Å². The van der Waals surface area contributed by atoms with Crippen molar-refractivity contribution >= 4 is 11.9 Å². The molecule has 2 aromatic carbocycles. The Morgan fingerprint density at radius 3 is 2.08 bits per heavy atom. The third-order valence-corrected chi connectivity index (χ3v) is 3.28. The third-order valence-electron chi connectivity index (χ3n) is 3.28. The first-order chi connectivity index (χ1) is 11.8. The Balaban J connectivity index is 2.18. The molecule has 4 nitrogen and oxygen atoms in total. The van der Waals surface area contributed by atoms with E-state index in [0.717, 1.165) is 5.56 Å². The van der Waals surface area contributed by atoms with Crippen LogP contribution in [0.1, 0.15) is 13.8 Å². The zero-order chi connectivity index (χ0) is 18.6. The molecule has 0 saturated heterocycles. The molecule has 0 saturated carbocycles. The van der Waals surface area contributed by atoms with Crippen LogP contribution in [-0.4, -0.2) is 11.9 Å². The Morgan fingerprint density at radius 2 is 1.56 bits per heavy atom. The highest BCUT2D eigenvalue weighted by Crippen LogP contribution is 2.27. The van der Waals surface area contributed by atoms with Crippen molar-refractivity contribution in [3.05, 3.63) is 72.6 Å². The fourth-order valence-electron chi connectivity index (χ4n) is 1.87. The zero-order valence-corrected chi connectivity index (χ0v) is 14.1. The molecular formula is C20H18FNO3. The van der Waals surface area contributed by atoms with Gasteiger partial charge in [-0.25, -0.2) is 9.18 Å². The quantitative estimate of drug-likeness (QED) is 0.277. The second-order valence-corrected chi connectivity index (χ2v) is 5.55. The van der Waals surface area contributed by atoms with Gasteiger partial charge < -0.3 is 9.47 Å². The molecule has 0 bridgehead atoms. The molecule has 0 heterocycles. The van der Waals surface area contributed by atoms with Crippen molar-refractivity contribution in [2.75, 3.05) is 0 Å². The van der Waals surface area contributed by atoms with Gasteiger partial charge >= 0.3 is 5.97 Å². The summed E-state index contributed by atoms with van der Waals surface area (Å²) in [6, 6.07) is 11.2. The number of carbonyl (C=O) groups excluding carboxylic acids is 1. The minimum Gasteiger partial charge on any atom is -0.439 e. The largest absolute Gasteiger partial charge is 0.439 e. The Labute approximate surface area is 145 Å². The summed E-state index contributed by atoms with van der Waals surface area (Å²) in [6.45, 7) is 10.3. The minimum atomic E-state index is -0.673. The van der Waals surface area contributed by atoms with E-state index in [1.54, 1.807) is 37.3 Å². The van der Waals surface area contributed by atoms with Crippen LogP contribution in [0.15, 0.2) is 66.8 Å². The summed E-state index contributed by atoms with van der Waals surface area (Å²) >= 11 is 0. The second kappa shape index (κ2) is 7.57. The molecule has 1 N–H and O–H groups in total. The van der Waals surface area contributed by atoms with Gasteiger partial charge in [0.15, 0.2) is 11.6 Å². The van der Waals surface area contributed by atoms with Crippen molar-refractivity contribution in [1.29, 1.82) is 5.41 Å². The number of carbonyl (C=O) groups is 1. The summed E-state index contributed by atoms with van der Waals surface area (Å²) in [5.41, 5.74) is 2.09. The van der Waals surface area contributed by atoms with Crippen LogP contribution in [0.5, 0.6) is 11.5 Å². The molecule has 0 spiro atoms. The van der Waals surface area contributed by atoms with E-state index in [1.165, 1.54) is 19.1 Å². The van der Waals surface area contributed by atoms with Crippen molar-refractivity contribution < 1.29 is 18.7 Å². The highest BCUT2D eigenvalue weighted by Gasteiger charge is 2.11. The number of halogens is 1. The summed E-state index contributed by atoms with van der Waals surface area (Å²) in [7, 11) is 0. The maximum atomic E-state index is 14.1. The average Bonchev–Trinajstić information content (AvgIpc) is 2.57. The molecule has 128 valence electrons. The molecular weight excluding hydrogens is 321 g/mol. The maximum Gasteiger partial charge on any atom is 0.338 e. The van der Waals surface area contributed by atoms with Gasteiger partial charge in [0, 0.05) is 11.1 Å². The number of ether oxygens (including phenoxy) is 2. The van der Waals surface area contributed by atoms with Gasteiger partial charge in [-0.15, -0.1) is 0 Å². The van der Waals surface area contributed by atoms with Crippen LogP contribution < -0.4 is 9.47 Å². The third kappa shape index (κ3) is 4.64. The van der Waals surface area contributed by atoms with E-state index in [1.807, 2.05) is 0 Å². The highest BCUT2D eigenvalue weighted by atomic mass is 19.1. The molecule has 0 fully saturated rings. The van der Waals surface area contributed by atoms with E-state index in [0.29, 0.717) is 16.9 Å². The van der Waals surface area contributed by atoms with E-state index >= 15 is 0 Å². The first-order valence-corrected chi connectivity index (χ1v) is 7.48. The molecule has 0 amide bonds. The maximum absolute atomic E-state index is 14.1. The molecule has 0 aliphatic carbocycles. The minimum absolute atomic E-state index is 0.0116. The van der Waals surface area contributed by atoms with Crippen molar-refractivity contribution in [1.82, 2.24) is 0 Å². The van der Waals surface area contributed by atoms with Crippen molar-refractivity contribution in [3.63, 3.8) is 0 Å². The fourth-order valence-corrected chi connectivity index (χ4v) is 1.87. The molecule has 2 rings (SSSR count). The first kappa shape index (κ1) is 18.1. The predicted octanol–water partition coefficient (Wildman–Crippen LogP) is 4.91. The van der Waals surface area contributed by atoms with Gasteiger partial charge in [0.2, 0.25) is 5.90 Å². The summed E-state index contributed by atoms with van der Waals surface area (Å²) in [5.74, 6) is -0.983. The lowest BCUT2D eigenvalue weighted by molar-refractivity contribution is -0.130. The summed E-state index contributed by atoms with van der Waals surface area (Å²) < 4.78 is 24.4. The lowest BCUT2D eigenvalue weighted by Crippen LogP contribution is -2.09. The van der Waals surface area contributed by atoms with E-state index in [-0.39, 0.29) is 17.2 Å². The van der Waals surface area contributed by atoms with Gasteiger partial charge in [-0.1, -0.05) is 31.4 Å². The Bertz CT molecular complexity index is 854. The van der Waals surface area contributed by atoms with Gasteiger partial charge in [0.1, 0.15) is 5.75 Å². The smallest absolute Gasteiger partial charge is 0.338 e. The average molecular weight is 339 g/mol. The molecule has 5 heteroatoms. The topological polar surface area (TPSA) is 59.4 Å². The Hall–Kier alpha value is -3.21. The molecule has 25 heavy (non-hydrogen) atoms. The SMILES string of the molecule is C=C(C)C(=N)Oc1ccc(-c2ccc(OC(=O)C(=C)C)c(F)c2)cc1. The van der Waals surface area contributed by atoms with E-state index in [2.05, 4.69) is 13.2 Å². The van der Waals surface area contributed by atoms with Crippen LogP contribution in [0.2, 0.25) is 0 Å². The number of esters is 1. The molecule has 0 radical (unpaired) electrons. The fraction of sp³-hybridized carbons (Fsp3) is 0.100. The van der Waals surface area contributed by atoms with E-state index < -0.39 is 11.8 Å². The van der Waals surface area contributed by atoms with E-state index in [9.17, 15) is 9.18 Å². The van der Waals surface area contributed by atoms with Gasteiger partial charge in [-0.05, 0) is 49.2 Å². The number of hydrogen-bond acceptors (Lipinski definition) is 4. The summed E-state index contributed by atoms with van der Waals surface area (Å²) in [5, 5.41) is 7.62. The van der Waals surface area contributed by atoms with Crippen LogP contribution in [0.25, 0.3) is 11.1 Å². The predicted molar refractivity (Wildman–Crippen MR) is 95.5 cm³/mol. The van der Waals surface area contributed by atoms with Gasteiger partial charge in [-0.2, -0.15) is 0 Å². The first-order valence-electron chi connectivity index (χ1n) is 7.48. The molecule has 0 unspecified atom stereocenters. The second-order valence-electron chi connectivity index (χ2n) is 5.55. The summed E-state index contributed by atoms with van der Waals surface area (Å²) in [4.78, 5) is 11.5. The molecule has 0 aromatic heterocycles. The molecule has 0 atom stereocenters. The molecule has 0 aliphatic rings. The van der Waals surface area contributed by atoms with Crippen molar-refractivity contribution in [2.45, 2.75) is 13.8 Å². The molecule has 0 aliphatic heterocycles. The molecule has 2 aromatic rings. The van der Waals surface area contributed by atoms with Crippen LogP contribution in [0.3, 0.4) is 0 Å². The lowest BCUT2D eigenvalue weighted by atomic mass is 10.1. The standard InChI is InChI=1S/C20H18FNO3/c1-12(2)19(22)24-16-8-5-14(6-9-16)15-7-10-18(17(21)11-15)25-20(23)13(3)4/h5-11,22H,1,3H2,2,4H3. The van der Waals surface area contributed by atoms with Crippen molar-refractivity contribution in [2.24, 2.45) is 0 Å². The van der Waals surface area contributed by atoms with Gasteiger partial charge in [0.05, 0.1) is 0 Å². The summed E-state index contributed by atoms with van der Waals surface area (Å²) in [6.07, 6.45) is 0. The van der Waals surface area contributed by atoms with Crippen LogP contribution in [0.4, 0.5) is 4.39 Å². The van der Waals surface area contributed by atoms with Crippen molar-refractivity contribution in [3.8, 4) is 22.6 Å². The highest BCUT2D eigenvalue weighted by molar-refractivity contribution is 5.91. The van der Waals surface area contributed by atoms with Gasteiger partial charge in [-0.3, -0.25) is 5.41 Å². The van der Waals surface area contributed by atoms with E-state index in [4.69, 9.17) is 14.9 Å². The lowest BCUT2D eigenvalue weighted by Gasteiger charge is -2.09. The Morgan fingerprint density at radius 1 is 0.960 bits per heavy atom. The monoisotopic (exact) mass is 339 g/mol. The van der Waals surface area contributed by atoms with Crippen LogP contribution in [0, 0.1) is 11.2 Å². The number of rotatable bonds is 5. The number of benzene rings is 2.